The summed E-state index contributed by atoms with van der Waals surface area (Å²) in [6, 6.07) is 14.3. The summed E-state index contributed by atoms with van der Waals surface area (Å²) in [6.07, 6.45) is 2.26. The molecule has 0 unspecified atom stereocenters. The van der Waals surface area contributed by atoms with E-state index in [9.17, 15) is 0 Å². The van der Waals surface area contributed by atoms with Gasteiger partial charge in [0.2, 0.25) is 0 Å². The van der Waals surface area contributed by atoms with E-state index in [0.29, 0.717) is 10.7 Å². The van der Waals surface area contributed by atoms with Gasteiger partial charge in [0.05, 0.1) is 5.69 Å². The maximum absolute atomic E-state index is 5.66. The quantitative estimate of drug-likeness (QED) is 0.851. The molecule has 1 aromatic heterocycles. The molecule has 3 nitrogen and oxygen atoms in total. The number of thiocarbonyl (C=S) groups is 1. The monoisotopic (exact) mass is 269 g/mol. The number of benzene rings is 1. The smallest absolute Gasteiger partial charge is 0.133 e. The average molecular weight is 269 g/mol. The molecule has 2 heterocycles. The molecule has 1 aromatic carbocycles. The normalized spacial score (nSPS) is 14.0. The second kappa shape index (κ2) is 4.97. The summed E-state index contributed by atoms with van der Waals surface area (Å²) >= 11 is 5.00. The van der Waals surface area contributed by atoms with Crippen molar-refractivity contribution in [2.75, 3.05) is 11.4 Å². The second-order valence-electron chi connectivity index (χ2n) is 4.63. The van der Waals surface area contributed by atoms with Gasteiger partial charge in [0, 0.05) is 12.2 Å². The van der Waals surface area contributed by atoms with Gasteiger partial charge in [-0.25, -0.2) is 4.98 Å². The van der Waals surface area contributed by atoms with E-state index in [-0.39, 0.29) is 0 Å². The fraction of sp³-hybridized carbons (Fsp3) is 0.200. The number of aromatic nitrogens is 1. The van der Waals surface area contributed by atoms with E-state index in [1.165, 1.54) is 11.3 Å². The summed E-state index contributed by atoms with van der Waals surface area (Å²) in [4.78, 5) is 7.13. The first-order valence-corrected chi connectivity index (χ1v) is 6.79. The molecule has 4 heteroatoms. The van der Waals surface area contributed by atoms with Crippen molar-refractivity contribution in [3.63, 3.8) is 0 Å². The summed E-state index contributed by atoms with van der Waals surface area (Å²) < 4.78 is 0. The van der Waals surface area contributed by atoms with Crippen molar-refractivity contribution in [2.24, 2.45) is 5.73 Å². The molecule has 0 amide bonds. The van der Waals surface area contributed by atoms with Gasteiger partial charge in [-0.05, 0) is 36.6 Å². The third-order valence-electron chi connectivity index (χ3n) is 3.37. The maximum Gasteiger partial charge on any atom is 0.133 e. The van der Waals surface area contributed by atoms with E-state index >= 15 is 0 Å². The summed E-state index contributed by atoms with van der Waals surface area (Å²) in [5.41, 5.74) is 8.94. The van der Waals surface area contributed by atoms with Gasteiger partial charge in [-0.2, -0.15) is 0 Å². The Labute approximate surface area is 118 Å². The Morgan fingerprint density at radius 2 is 2.00 bits per heavy atom. The molecule has 3 rings (SSSR count). The van der Waals surface area contributed by atoms with E-state index < -0.39 is 0 Å². The number of pyridine rings is 1. The van der Waals surface area contributed by atoms with Gasteiger partial charge in [0.1, 0.15) is 10.8 Å². The summed E-state index contributed by atoms with van der Waals surface area (Å²) in [5, 5.41) is 0. The minimum atomic E-state index is 0.340. The van der Waals surface area contributed by atoms with Crippen LogP contribution in [0.1, 0.15) is 17.7 Å². The summed E-state index contributed by atoms with van der Waals surface area (Å²) in [5.74, 6) is 0.914. The maximum atomic E-state index is 5.66. The zero-order chi connectivity index (χ0) is 13.2. The topological polar surface area (TPSA) is 42.1 Å². The van der Waals surface area contributed by atoms with Crippen LogP contribution in [0.25, 0.3) is 0 Å². The molecule has 0 saturated carbocycles. The molecule has 0 aliphatic carbocycles. The predicted octanol–water partition coefficient (Wildman–Crippen LogP) is 2.80. The molecule has 2 N–H and O–H groups in total. The molecule has 0 bridgehead atoms. The fourth-order valence-corrected chi connectivity index (χ4v) is 2.60. The van der Waals surface area contributed by atoms with Gasteiger partial charge in [-0.15, -0.1) is 0 Å². The first-order valence-electron chi connectivity index (χ1n) is 6.38. The van der Waals surface area contributed by atoms with Crippen LogP contribution >= 0.6 is 12.2 Å². The summed E-state index contributed by atoms with van der Waals surface area (Å²) in [6.45, 7) is 0.977. The Hall–Kier alpha value is -1.94. The van der Waals surface area contributed by atoms with Crippen LogP contribution in [0.4, 0.5) is 11.5 Å². The molecule has 0 spiro atoms. The largest absolute Gasteiger partial charge is 0.388 e. The van der Waals surface area contributed by atoms with Crippen LogP contribution in [-0.4, -0.2) is 16.5 Å². The zero-order valence-corrected chi connectivity index (χ0v) is 11.4. The first-order chi connectivity index (χ1) is 9.25. The average Bonchev–Trinajstić information content (AvgIpc) is 2.47. The number of hydrogen-bond acceptors (Lipinski definition) is 3. The van der Waals surface area contributed by atoms with Crippen molar-refractivity contribution >= 4 is 28.7 Å². The fourth-order valence-electron chi connectivity index (χ4n) is 2.48. The minimum Gasteiger partial charge on any atom is -0.388 e. The van der Waals surface area contributed by atoms with Crippen LogP contribution in [0.5, 0.6) is 0 Å². The van der Waals surface area contributed by atoms with Crippen molar-refractivity contribution in [3.8, 4) is 0 Å². The highest BCUT2D eigenvalue weighted by Crippen LogP contribution is 2.32. The Balaban J connectivity index is 2.04. The van der Waals surface area contributed by atoms with Gasteiger partial charge < -0.3 is 10.6 Å². The van der Waals surface area contributed by atoms with E-state index in [1.807, 2.05) is 18.2 Å². The Morgan fingerprint density at radius 1 is 1.16 bits per heavy atom. The van der Waals surface area contributed by atoms with Gasteiger partial charge >= 0.3 is 0 Å². The van der Waals surface area contributed by atoms with Crippen molar-refractivity contribution in [2.45, 2.75) is 12.8 Å². The summed E-state index contributed by atoms with van der Waals surface area (Å²) in [7, 11) is 0. The number of rotatable bonds is 2. The zero-order valence-electron chi connectivity index (χ0n) is 10.5. The lowest BCUT2D eigenvalue weighted by atomic mass is 10.0. The van der Waals surface area contributed by atoms with Crippen molar-refractivity contribution in [1.82, 2.24) is 4.98 Å². The van der Waals surface area contributed by atoms with Gasteiger partial charge in [0.25, 0.3) is 0 Å². The number of nitrogens with zero attached hydrogens (tertiary/aromatic N) is 2. The van der Waals surface area contributed by atoms with Crippen molar-refractivity contribution in [3.05, 3.63) is 53.7 Å². The third kappa shape index (κ3) is 2.31. The van der Waals surface area contributed by atoms with E-state index in [1.54, 1.807) is 0 Å². The molecular weight excluding hydrogens is 254 g/mol. The van der Waals surface area contributed by atoms with E-state index in [2.05, 4.69) is 34.1 Å². The number of anilines is 2. The number of hydrogen-bond donors (Lipinski definition) is 1. The van der Waals surface area contributed by atoms with Crippen LogP contribution in [0.15, 0.2) is 42.5 Å². The SMILES string of the molecule is NC(=S)c1cccc(N2CCCc3ccccc32)n1. The lowest BCUT2D eigenvalue weighted by molar-refractivity contribution is 0.759. The molecule has 0 atom stereocenters. The Bertz CT molecular complexity index is 624. The second-order valence-corrected chi connectivity index (χ2v) is 5.07. The van der Waals surface area contributed by atoms with E-state index in [4.69, 9.17) is 18.0 Å². The molecule has 19 heavy (non-hydrogen) atoms. The highest BCUT2D eigenvalue weighted by atomic mass is 32.1. The predicted molar refractivity (Wildman–Crippen MR) is 81.9 cm³/mol. The molecular formula is C15H15N3S. The number of fused-ring (bicyclic) bond motifs is 1. The van der Waals surface area contributed by atoms with Crippen LogP contribution in [0.3, 0.4) is 0 Å². The molecule has 96 valence electrons. The van der Waals surface area contributed by atoms with Crippen LogP contribution in [0.2, 0.25) is 0 Å². The minimum absolute atomic E-state index is 0.340. The van der Waals surface area contributed by atoms with Crippen molar-refractivity contribution in [1.29, 1.82) is 0 Å². The first kappa shape index (κ1) is 12.1. The standard InChI is InChI=1S/C15H15N3S/c16-15(19)12-7-3-9-14(17-12)18-10-4-6-11-5-1-2-8-13(11)18/h1-3,5,7-9H,4,6,10H2,(H2,16,19). The lowest BCUT2D eigenvalue weighted by Crippen LogP contribution is -2.26. The molecule has 0 fully saturated rings. The molecule has 1 aliphatic heterocycles. The van der Waals surface area contributed by atoms with E-state index in [0.717, 1.165) is 25.2 Å². The highest BCUT2D eigenvalue weighted by molar-refractivity contribution is 7.80. The molecule has 0 saturated heterocycles. The molecule has 2 aromatic rings. The third-order valence-corrected chi connectivity index (χ3v) is 3.58. The lowest BCUT2D eigenvalue weighted by Gasteiger charge is -2.30. The number of para-hydroxylation sites is 1. The van der Waals surface area contributed by atoms with Crippen LogP contribution in [0, 0.1) is 0 Å². The van der Waals surface area contributed by atoms with Gasteiger partial charge in [0.15, 0.2) is 0 Å². The molecule has 1 aliphatic rings. The highest BCUT2D eigenvalue weighted by Gasteiger charge is 2.18. The Morgan fingerprint density at radius 3 is 2.84 bits per heavy atom. The van der Waals surface area contributed by atoms with Crippen molar-refractivity contribution < 1.29 is 0 Å². The van der Waals surface area contributed by atoms with Gasteiger partial charge in [-0.3, -0.25) is 0 Å². The Kier molecular flexibility index (Phi) is 3.17. The van der Waals surface area contributed by atoms with Gasteiger partial charge in [-0.1, -0.05) is 36.5 Å². The number of nitrogens with two attached hydrogens (primary N) is 1. The van der Waals surface area contributed by atoms with Crippen LogP contribution in [-0.2, 0) is 6.42 Å². The molecule has 0 radical (unpaired) electrons. The van der Waals surface area contributed by atoms with Crippen LogP contribution < -0.4 is 10.6 Å². The number of aryl methyl sites for hydroxylation is 1.